The maximum atomic E-state index is 11.9. The molecule has 0 aliphatic heterocycles. The number of aryl methyl sites for hydroxylation is 1. The van der Waals surface area contributed by atoms with E-state index in [1.54, 1.807) is 0 Å². The van der Waals surface area contributed by atoms with Crippen LogP contribution in [0.15, 0.2) is 24.3 Å². The minimum absolute atomic E-state index is 0.367. The standard InChI is InChI=1S/C16H20O3/c17-14(18)16(11-15(19)8-3-4-9-15)10-7-12-5-1-2-6-13(12)16/h1-2,5-6,19H,3-4,7-11H2,(H,17,18). The largest absolute Gasteiger partial charge is 0.481 e. The quantitative estimate of drug-likeness (QED) is 0.878. The van der Waals surface area contributed by atoms with Crippen molar-refractivity contribution in [1.29, 1.82) is 0 Å². The maximum Gasteiger partial charge on any atom is 0.314 e. The van der Waals surface area contributed by atoms with Crippen LogP contribution in [0, 0.1) is 0 Å². The van der Waals surface area contributed by atoms with Crippen LogP contribution in [0.3, 0.4) is 0 Å². The molecule has 0 spiro atoms. The molecule has 0 heterocycles. The van der Waals surface area contributed by atoms with Crippen LogP contribution in [-0.2, 0) is 16.6 Å². The van der Waals surface area contributed by atoms with Crippen LogP contribution < -0.4 is 0 Å². The van der Waals surface area contributed by atoms with Crippen molar-refractivity contribution in [3.05, 3.63) is 35.4 Å². The van der Waals surface area contributed by atoms with Crippen molar-refractivity contribution in [3.8, 4) is 0 Å². The van der Waals surface area contributed by atoms with Crippen LogP contribution in [0.4, 0.5) is 0 Å². The van der Waals surface area contributed by atoms with Crippen molar-refractivity contribution in [1.82, 2.24) is 0 Å². The smallest absolute Gasteiger partial charge is 0.314 e. The topological polar surface area (TPSA) is 57.5 Å². The molecular formula is C16H20O3. The molecule has 19 heavy (non-hydrogen) atoms. The maximum absolute atomic E-state index is 11.9. The molecule has 2 aliphatic carbocycles. The molecule has 0 saturated heterocycles. The molecule has 3 heteroatoms. The number of hydrogen-bond donors (Lipinski definition) is 2. The number of carboxylic acid groups (broad SMARTS) is 1. The molecule has 1 unspecified atom stereocenters. The van der Waals surface area contributed by atoms with Gasteiger partial charge < -0.3 is 10.2 Å². The van der Waals surface area contributed by atoms with E-state index < -0.39 is 17.0 Å². The van der Waals surface area contributed by atoms with Gasteiger partial charge in [0.25, 0.3) is 0 Å². The molecule has 3 nitrogen and oxygen atoms in total. The Morgan fingerprint density at radius 3 is 2.53 bits per heavy atom. The van der Waals surface area contributed by atoms with Gasteiger partial charge in [-0.15, -0.1) is 0 Å². The van der Waals surface area contributed by atoms with Gasteiger partial charge in [0.2, 0.25) is 0 Å². The van der Waals surface area contributed by atoms with E-state index >= 15 is 0 Å². The summed E-state index contributed by atoms with van der Waals surface area (Å²) in [5.41, 5.74) is 0.389. The number of aliphatic carboxylic acids is 1. The number of benzene rings is 1. The van der Waals surface area contributed by atoms with Crippen LogP contribution >= 0.6 is 0 Å². The number of aliphatic hydroxyl groups is 1. The third kappa shape index (κ3) is 1.96. The van der Waals surface area contributed by atoms with E-state index in [0.717, 1.165) is 43.2 Å². The van der Waals surface area contributed by atoms with E-state index in [2.05, 4.69) is 0 Å². The van der Waals surface area contributed by atoms with Gasteiger partial charge in [-0.05, 0) is 43.2 Å². The molecule has 3 rings (SSSR count). The summed E-state index contributed by atoms with van der Waals surface area (Å²) < 4.78 is 0. The first kappa shape index (κ1) is 12.7. The molecule has 1 saturated carbocycles. The number of carbonyl (C=O) groups is 1. The molecule has 1 atom stereocenters. The minimum Gasteiger partial charge on any atom is -0.481 e. The van der Waals surface area contributed by atoms with Crippen molar-refractivity contribution in [2.24, 2.45) is 0 Å². The average molecular weight is 260 g/mol. The van der Waals surface area contributed by atoms with E-state index in [0.29, 0.717) is 12.8 Å². The van der Waals surface area contributed by atoms with E-state index in [9.17, 15) is 15.0 Å². The highest BCUT2D eigenvalue weighted by molar-refractivity contribution is 5.83. The van der Waals surface area contributed by atoms with Gasteiger partial charge in [-0.2, -0.15) is 0 Å². The summed E-state index contributed by atoms with van der Waals surface area (Å²) in [6, 6.07) is 7.80. The van der Waals surface area contributed by atoms with E-state index in [1.807, 2.05) is 24.3 Å². The molecule has 0 bridgehead atoms. The summed E-state index contributed by atoms with van der Waals surface area (Å²) in [7, 11) is 0. The van der Waals surface area contributed by atoms with Crippen LogP contribution in [0.25, 0.3) is 0 Å². The Morgan fingerprint density at radius 2 is 1.84 bits per heavy atom. The Hall–Kier alpha value is -1.35. The third-order valence-corrected chi connectivity index (χ3v) is 4.93. The third-order valence-electron chi connectivity index (χ3n) is 4.93. The molecule has 0 aromatic heterocycles. The van der Waals surface area contributed by atoms with Crippen LogP contribution in [-0.4, -0.2) is 21.8 Å². The van der Waals surface area contributed by atoms with E-state index in [-0.39, 0.29) is 0 Å². The van der Waals surface area contributed by atoms with Crippen molar-refractivity contribution < 1.29 is 15.0 Å². The lowest BCUT2D eigenvalue weighted by Crippen LogP contribution is -2.42. The Morgan fingerprint density at radius 1 is 1.16 bits per heavy atom. The van der Waals surface area contributed by atoms with Gasteiger partial charge >= 0.3 is 5.97 Å². The zero-order valence-corrected chi connectivity index (χ0v) is 11.1. The van der Waals surface area contributed by atoms with E-state index in [1.165, 1.54) is 0 Å². The number of fused-ring (bicyclic) bond motifs is 1. The van der Waals surface area contributed by atoms with Crippen LogP contribution in [0.1, 0.15) is 49.7 Å². The SMILES string of the molecule is O=C(O)C1(CC2(O)CCCC2)CCc2ccccc21. The Balaban J connectivity index is 2.00. The highest BCUT2D eigenvalue weighted by Gasteiger charge is 2.50. The highest BCUT2D eigenvalue weighted by Crippen LogP contribution is 2.48. The second-order valence-electron chi connectivity index (χ2n) is 6.15. The van der Waals surface area contributed by atoms with Gasteiger partial charge in [-0.25, -0.2) is 0 Å². The zero-order chi connectivity index (χ0) is 13.5. The summed E-state index contributed by atoms with van der Waals surface area (Å²) >= 11 is 0. The molecule has 102 valence electrons. The summed E-state index contributed by atoms with van der Waals surface area (Å²) in [5, 5.41) is 20.4. The monoisotopic (exact) mass is 260 g/mol. The molecule has 1 fully saturated rings. The van der Waals surface area contributed by atoms with Gasteiger partial charge in [-0.3, -0.25) is 4.79 Å². The van der Waals surface area contributed by atoms with Crippen molar-refractivity contribution in [3.63, 3.8) is 0 Å². The van der Waals surface area contributed by atoms with Crippen LogP contribution in [0.2, 0.25) is 0 Å². The molecule has 0 amide bonds. The molecule has 2 N–H and O–H groups in total. The van der Waals surface area contributed by atoms with E-state index in [4.69, 9.17) is 0 Å². The van der Waals surface area contributed by atoms with Crippen molar-refractivity contribution in [2.75, 3.05) is 0 Å². The van der Waals surface area contributed by atoms with Gasteiger partial charge in [0.1, 0.15) is 0 Å². The fourth-order valence-corrected chi connectivity index (χ4v) is 3.94. The lowest BCUT2D eigenvalue weighted by molar-refractivity contribution is -0.147. The highest BCUT2D eigenvalue weighted by atomic mass is 16.4. The number of hydrogen-bond acceptors (Lipinski definition) is 2. The summed E-state index contributed by atoms with van der Waals surface area (Å²) in [4.78, 5) is 11.9. The molecule has 2 aliphatic rings. The fraction of sp³-hybridized carbons (Fsp3) is 0.562. The minimum atomic E-state index is -0.879. The molecule has 1 aromatic carbocycles. The first-order valence-corrected chi connectivity index (χ1v) is 7.10. The van der Waals surface area contributed by atoms with Gasteiger partial charge in [0.05, 0.1) is 11.0 Å². The Bertz CT molecular complexity index is 502. The molecular weight excluding hydrogens is 240 g/mol. The number of carboxylic acids is 1. The molecule has 1 aromatic rings. The first-order chi connectivity index (χ1) is 9.06. The second kappa shape index (κ2) is 4.34. The van der Waals surface area contributed by atoms with Crippen LogP contribution in [0.5, 0.6) is 0 Å². The fourth-order valence-electron chi connectivity index (χ4n) is 3.94. The predicted octanol–water partition coefficient (Wildman–Crippen LogP) is 2.65. The Kier molecular flexibility index (Phi) is 2.90. The van der Waals surface area contributed by atoms with Gasteiger partial charge in [0, 0.05) is 0 Å². The van der Waals surface area contributed by atoms with Crippen molar-refractivity contribution >= 4 is 5.97 Å². The normalized spacial score (nSPS) is 28.3. The summed E-state index contributed by atoms with van der Waals surface area (Å²) in [6.07, 6.45) is 5.28. The van der Waals surface area contributed by atoms with Crippen molar-refractivity contribution in [2.45, 2.75) is 56.0 Å². The Labute approximate surface area is 113 Å². The average Bonchev–Trinajstić information content (AvgIpc) is 2.96. The summed E-state index contributed by atoms with van der Waals surface area (Å²) in [5.74, 6) is -0.780. The predicted molar refractivity (Wildman–Crippen MR) is 72.1 cm³/mol. The summed E-state index contributed by atoms with van der Waals surface area (Å²) in [6.45, 7) is 0. The van der Waals surface area contributed by atoms with Gasteiger partial charge in [-0.1, -0.05) is 37.1 Å². The number of rotatable bonds is 3. The first-order valence-electron chi connectivity index (χ1n) is 7.10. The zero-order valence-electron chi connectivity index (χ0n) is 11.1. The van der Waals surface area contributed by atoms with Gasteiger partial charge in [0.15, 0.2) is 0 Å². The molecule has 0 radical (unpaired) electrons. The second-order valence-corrected chi connectivity index (χ2v) is 6.15. The lowest BCUT2D eigenvalue weighted by Gasteiger charge is -2.34. The lowest BCUT2D eigenvalue weighted by atomic mass is 9.72.